The molecule has 3 heteroatoms. The van der Waals surface area contributed by atoms with Gasteiger partial charge in [-0.25, -0.2) is 0 Å². The van der Waals surface area contributed by atoms with Crippen molar-refractivity contribution >= 4 is 5.91 Å². The molecule has 0 saturated carbocycles. The summed E-state index contributed by atoms with van der Waals surface area (Å²) in [7, 11) is 0. The minimum Gasteiger partial charge on any atom is -0.342 e. The summed E-state index contributed by atoms with van der Waals surface area (Å²) in [4.78, 5) is 15.0. The van der Waals surface area contributed by atoms with Crippen molar-refractivity contribution < 1.29 is 4.79 Å². The van der Waals surface area contributed by atoms with E-state index in [1.165, 1.54) is 11.1 Å². The molecule has 3 nitrogen and oxygen atoms in total. The Morgan fingerprint density at radius 3 is 2.90 bits per heavy atom. The lowest BCUT2D eigenvalue weighted by molar-refractivity contribution is -0.135. The van der Waals surface area contributed by atoms with Crippen LogP contribution in [-0.2, 0) is 11.2 Å². The number of amides is 1. The smallest absolute Gasteiger partial charge is 0.230 e. The van der Waals surface area contributed by atoms with E-state index in [1.807, 2.05) is 0 Å². The lowest BCUT2D eigenvalue weighted by Crippen LogP contribution is -2.46. The highest BCUT2D eigenvalue weighted by Crippen LogP contribution is 2.34. The fraction of sp³-hybridized carbons (Fsp3) is 0.611. The van der Waals surface area contributed by atoms with Crippen molar-refractivity contribution in [3.8, 4) is 0 Å². The number of fused-ring (bicyclic) bond motifs is 1. The molecule has 1 amide bonds. The number of hydrogen-bond acceptors (Lipinski definition) is 2. The molecule has 1 aliphatic carbocycles. The van der Waals surface area contributed by atoms with Crippen LogP contribution >= 0.6 is 0 Å². The average Bonchev–Trinajstić information content (AvgIpc) is 2.53. The summed E-state index contributed by atoms with van der Waals surface area (Å²) in [6, 6.07) is 8.64. The standard InChI is InChI=1S/C18H26N2O/c1-13(19)15-8-5-11-20(12-15)18(21)17-10-4-7-14-6-2-3-9-16(14)17/h2-3,6,9,13,15,17H,4-5,7-8,10-12,19H2,1H3. The van der Waals surface area contributed by atoms with Gasteiger partial charge in [-0.2, -0.15) is 0 Å². The van der Waals surface area contributed by atoms with Crippen LogP contribution in [0.15, 0.2) is 24.3 Å². The van der Waals surface area contributed by atoms with E-state index in [2.05, 4.69) is 36.1 Å². The summed E-state index contributed by atoms with van der Waals surface area (Å²) in [6.07, 6.45) is 5.48. The SMILES string of the molecule is CC(N)C1CCCN(C(=O)C2CCCc3ccccc32)C1. The number of hydrogen-bond donors (Lipinski definition) is 1. The minimum atomic E-state index is 0.0711. The maximum atomic E-state index is 13.0. The number of benzene rings is 1. The van der Waals surface area contributed by atoms with E-state index in [0.29, 0.717) is 11.8 Å². The summed E-state index contributed by atoms with van der Waals surface area (Å²) in [5.41, 5.74) is 8.67. The second-order valence-corrected chi connectivity index (χ2v) is 6.69. The Hall–Kier alpha value is -1.35. The number of nitrogens with two attached hydrogens (primary N) is 1. The fourth-order valence-electron chi connectivity index (χ4n) is 3.87. The summed E-state index contributed by atoms with van der Waals surface area (Å²) < 4.78 is 0. The van der Waals surface area contributed by atoms with Crippen molar-refractivity contribution in [2.24, 2.45) is 11.7 Å². The van der Waals surface area contributed by atoms with Gasteiger partial charge in [0, 0.05) is 19.1 Å². The molecule has 114 valence electrons. The van der Waals surface area contributed by atoms with Gasteiger partial charge >= 0.3 is 0 Å². The Morgan fingerprint density at radius 2 is 2.10 bits per heavy atom. The molecule has 3 unspecified atom stereocenters. The minimum absolute atomic E-state index is 0.0711. The molecule has 0 radical (unpaired) electrons. The zero-order chi connectivity index (χ0) is 14.8. The Kier molecular flexibility index (Phi) is 4.29. The molecule has 2 aliphatic rings. The molecule has 0 aromatic heterocycles. The first-order valence-electron chi connectivity index (χ1n) is 8.29. The third-order valence-electron chi connectivity index (χ3n) is 5.18. The highest BCUT2D eigenvalue weighted by Gasteiger charge is 2.33. The van der Waals surface area contributed by atoms with E-state index in [1.54, 1.807) is 0 Å². The molecule has 0 spiro atoms. The van der Waals surface area contributed by atoms with Crippen LogP contribution in [-0.4, -0.2) is 29.9 Å². The Bertz CT molecular complexity index is 512. The van der Waals surface area contributed by atoms with Gasteiger partial charge in [0.25, 0.3) is 0 Å². The maximum Gasteiger partial charge on any atom is 0.230 e. The molecule has 0 bridgehead atoms. The molecule has 1 heterocycles. The highest BCUT2D eigenvalue weighted by atomic mass is 16.2. The van der Waals surface area contributed by atoms with E-state index in [4.69, 9.17) is 5.73 Å². The first kappa shape index (κ1) is 14.6. The number of carbonyl (C=O) groups is 1. The van der Waals surface area contributed by atoms with Crippen molar-refractivity contribution in [1.82, 2.24) is 4.90 Å². The van der Waals surface area contributed by atoms with Gasteiger partial charge in [-0.1, -0.05) is 24.3 Å². The first-order valence-corrected chi connectivity index (χ1v) is 8.29. The number of carbonyl (C=O) groups excluding carboxylic acids is 1. The molecule has 3 rings (SSSR count). The Labute approximate surface area is 127 Å². The summed E-state index contributed by atoms with van der Waals surface area (Å²) in [6.45, 7) is 3.81. The molecule has 1 aromatic carbocycles. The number of piperidine rings is 1. The predicted octanol–water partition coefficient (Wildman–Crippen LogP) is 2.69. The fourth-order valence-corrected chi connectivity index (χ4v) is 3.87. The van der Waals surface area contributed by atoms with Gasteiger partial charge < -0.3 is 10.6 Å². The Balaban J connectivity index is 1.77. The van der Waals surface area contributed by atoms with Crippen LogP contribution < -0.4 is 5.73 Å². The van der Waals surface area contributed by atoms with Gasteiger partial charge in [0.15, 0.2) is 0 Å². The van der Waals surface area contributed by atoms with Crippen LogP contribution in [0.4, 0.5) is 0 Å². The van der Waals surface area contributed by atoms with Crippen LogP contribution in [0.3, 0.4) is 0 Å². The first-order chi connectivity index (χ1) is 10.2. The monoisotopic (exact) mass is 286 g/mol. The van der Waals surface area contributed by atoms with Crippen LogP contribution in [0.2, 0.25) is 0 Å². The zero-order valence-electron chi connectivity index (χ0n) is 12.9. The largest absolute Gasteiger partial charge is 0.342 e. The van der Waals surface area contributed by atoms with E-state index in [0.717, 1.165) is 45.2 Å². The number of nitrogens with zero attached hydrogens (tertiary/aromatic N) is 1. The summed E-state index contributed by atoms with van der Waals surface area (Å²) in [5, 5.41) is 0. The lowest BCUT2D eigenvalue weighted by Gasteiger charge is -2.37. The van der Waals surface area contributed by atoms with Crippen molar-refractivity contribution in [3.63, 3.8) is 0 Å². The molecular weight excluding hydrogens is 260 g/mol. The quantitative estimate of drug-likeness (QED) is 0.908. The topological polar surface area (TPSA) is 46.3 Å². The molecule has 1 aliphatic heterocycles. The van der Waals surface area contributed by atoms with Crippen LogP contribution in [0.5, 0.6) is 0 Å². The molecule has 2 N–H and O–H groups in total. The summed E-state index contributed by atoms with van der Waals surface area (Å²) in [5.74, 6) is 0.857. The molecular formula is C18H26N2O. The third kappa shape index (κ3) is 2.98. The van der Waals surface area contributed by atoms with E-state index in [9.17, 15) is 4.79 Å². The molecule has 1 saturated heterocycles. The lowest BCUT2D eigenvalue weighted by atomic mass is 9.81. The number of likely N-dealkylation sites (tertiary alicyclic amines) is 1. The van der Waals surface area contributed by atoms with Gasteiger partial charge in [-0.15, -0.1) is 0 Å². The maximum absolute atomic E-state index is 13.0. The summed E-state index contributed by atoms with van der Waals surface area (Å²) >= 11 is 0. The van der Waals surface area contributed by atoms with Crippen molar-refractivity contribution in [3.05, 3.63) is 35.4 Å². The molecule has 21 heavy (non-hydrogen) atoms. The highest BCUT2D eigenvalue weighted by molar-refractivity contribution is 5.84. The normalized spacial score (nSPS) is 27.0. The Morgan fingerprint density at radius 1 is 1.29 bits per heavy atom. The molecule has 1 fully saturated rings. The van der Waals surface area contributed by atoms with E-state index in [-0.39, 0.29) is 12.0 Å². The van der Waals surface area contributed by atoms with Crippen molar-refractivity contribution in [1.29, 1.82) is 0 Å². The van der Waals surface area contributed by atoms with Crippen LogP contribution in [0.25, 0.3) is 0 Å². The predicted molar refractivity (Wildman–Crippen MR) is 85.1 cm³/mol. The molecule has 1 aromatic rings. The van der Waals surface area contributed by atoms with Gasteiger partial charge in [0.1, 0.15) is 0 Å². The number of aryl methyl sites for hydroxylation is 1. The third-order valence-corrected chi connectivity index (χ3v) is 5.18. The van der Waals surface area contributed by atoms with E-state index >= 15 is 0 Å². The van der Waals surface area contributed by atoms with Gasteiger partial charge in [-0.05, 0) is 56.1 Å². The second kappa shape index (κ2) is 6.18. The van der Waals surface area contributed by atoms with Gasteiger partial charge in [0.2, 0.25) is 5.91 Å². The average molecular weight is 286 g/mol. The van der Waals surface area contributed by atoms with Crippen molar-refractivity contribution in [2.75, 3.05) is 13.1 Å². The van der Waals surface area contributed by atoms with E-state index < -0.39 is 0 Å². The zero-order valence-corrected chi connectivity index (χ0v) is 12.9. The van der Waals surface area contributed by atoms with Crippen LogP contribution in [0.1, 0.15) is 49.7 Å². The number of rotatable bonds is 2. The van der Waals surface area contributed by atoms with Gasteiger partial charge in [-0.3, -0.25) is 4.79 Å². The van der Waals surface area contributed by atoms with Crippen LogP contribution in [0, 0.1) is 5.92 Å². The van der Waals surface area contributed by atoms with Crippen molar-refractivity contribution in [2.45, 2.75) is 51.0 Å². The second-order valence-electron chi connectivity index (χ2n) is 6.69. The molecule has 3 atom stereocenters. The van der Waals surface area contributed by atoms with Gasteiger partial charge in [0.05, 0.1) is 5.92 Å².